The van der Waals surface area contributed by atoms with Crippen molar-refractivity contribution in [2.75, 3.05) is 6.54 Å². The van der Waals surface area contributed by atoms with Crippen LogP contribution in [0.15, 0.2) is 30.3 Å². The molecule has 2 amide bonds. The van der Waals surface area contributed by atoms with Crippen molar-refractivity contribution < 1.29 is 25.9 Å². The first kappa shape index (κ1) is 21.8. The Bertz CT molecular complexity index is 590. The molecule has 0 saturated heterocycles. The Hall–Kier alpha value is -2.25. The van der Waals surface area contributed by atoms with Gasteiger partial charge < -0.3 is 22.1 Å². The molecule has 1 rings (SSSR count). The number of carbonyl (C=O) groups excluding carboxylic acids is 3. The first-order chi connectivity index (χ1) is 12.3. The van der Waals surface area contributed by atoms with Gasteiger partial charge in [0.05, 0.1) is 12.6 Å². The molecule has 0 unspecified atom stereocenters. The van der Waals surface area contributed by atoms with E-state index in [9.17, 15) is 14.4 Å². The number of nitrogens with one attached hydrogen (secondary N) is 2. The number of benzene rings is 1. The summed E-state index contributed by atoms with van der Waals surface area (Å²) in [7, 11) is 0. The molecular formula is C19H32N4O3+2. The summed E-state index contributed by atoms with van der Waals surface area (Å²) in [5.74, 6) is -0.729. The van der Waals surface area contributed by atoms with Crippen molar-refractivity contribution in [3.63, 3.8) is 0 Å². The highest BCUT2D eigenvalue weighted by molar-refractivity contribution is 5.92. The van der Waals surface area contributed by atoms with Crippen molar-refractivity contribution in [1.82, 2.24) is 10.6 Å². The summed E-state index contributed by atoms with van der Waals surface area (Å²) in [6.45, 7) is 3.94. The Morgan fingerprint density at radius 2 is 1.62 bits per heavy atom. The van der Waals surface area contributed by atoms with Crippen molar-refractivity contribution in [2.24, 2.45) is 0 Å². The molecule has 0 aliphatic heterocycles. The molecule has 26 heavy (non-hydrogen) atoms. The molecule has 8 N–H and O–H groups in total. The highest BCUT2D eigenvalue weighted by Gasteiger charge is 2.26. The molecule has 3 atom stereocenters. The number of ketones is 1. The van der Waals surface area contributed by atoms with E-state index >= 15 is 0 Å². The molecule has 144 valence electrons. The molecule has 1 aromatic rings. The van der Waals surface area contributed by atoms with Gasteiger partial charge >= 0.3 is 0 Å². The molecule has 0 bridgehead atoms. The molecule has 7 nitrogen and oxygen atoms in total. The van der Waals surface area contributed by atoms with E-state index in [1.165, 1.54) is 6.92 Å². The number of hydrogen-bond acceptors (Lipinski definition) is 3. The van der Waals surface area contributed by atoms with Gasteiger partial charge in [-0.05, 0) is 38.7 Å². The van der Waals surface area contributed by atoms with Crippen molar-refractivity contribution in [1.29, 1.82) is 0 Å². The smallest absolute Gasteiger partial charge is 0.278 e. The summed E-state index contributed by atoms with van der Waals surface area (Å²) in [6, 6.07) is 7.70. The molecule has 0 heterocycles. The summed E-state index contributed by atoms with van der Waals surface area (Å²) in [4.78, 5) is 36.7. The minimum absolute atomic E-state index is 0.0854. The maximum absolute atomic E-state index is 12.7. The van der Waals surface area contributed by atoms with E-state index in [0.717, 1.165) is 24.9 Å². The van der Waals surface area contributed by atoms with E-state index in [-0.39, 0.29) is 17.6 Å². The zero-order chi connectivity index (χ0) is 19.5. The lowest BCUT2D eigenvalue weighted by molar-refractivity contribution is -0.398. The lowest BCUT2D eigenvalue weighted by Crippen LogP contribution is -2.67. The maximum Gasteiger partial charge on any atom is 0.278 e. The van der Waals surface area contributed by atoms with Crippen LogP contribution >= 0.6 is 0 Å². The van der Waals surface area contributed by atoms with Gasteiger partial charge in [-0.25, -0.2) is 0 Å². The molecule has 0 aliphatic carbocycles. The normalized spacial score (nSPS) is 14.2. The van der Waals surface area contributed by atoms with Crippen molar-refractivity contribution in [3.8, 4) is 0 Å². The molecule has 7 heteroatoms. The number of amides is 2. The standard InChI is InChI=1S/C19H30N4O3/c1-13(21)18(25)23-17(12-15-8-4-3-5-9-15)19(26)22-16(14(2)24)10-6-7-11-20/h3-5,8-9,13,16-17H,6-7,10-12,20-21H2,1-2H3,(H,22,26)(H,23,25)/p+2/t13-,16+,17-/m0/s1. The SMILES string of the molecule is CC(=O)[C@@H](CCCC[NH3+])NC(=O)[C@H](Cc1ccccc1)NC(=O)[C@H](C)[NH3+]. The minimum atomic E-state index is -0.746. The Labute approximate surface area is 154 Å². The Morgan fingerprint density at radius 1 is 1.00 bits per heavy atom. The third-order valence-electron chi connectivity index (χ3n) is 4.16. The number of Topliss-reactive ketones (excluding diaryl/α,β-unsaturated/α-hetero) is 1. The fourth-order valence-corrected chi connectivity index (χ4v) is 2.55. The van der Waals surface area contributed by atoms with E-state index in [1.807, 2.05) is 30.3 Å². The van der Waals surface area contributed by atoms with Crippen LogP contribution in [0.2, 0.25) is 0 Å². The van der Waals surface area contributed by atoms with Crippen molar-refractivity contribution in [2.45, 2.75) is 57.7 Å². The van der Waals surface area contributed by atoms with Crippen LogP contribution in [0.4, 0.5) is 0 Å². The number of hydrogen-bond donors (Lipinski definition) is 4. The fraction of sp³-hybridized carbons (Fsp3) is 0.526. The van der Waals surface area contributed by atoms with Crippen LogP contribution in [0.1, 0.15) is 38.7 Å². The van der Waals surface area contributed by atoms with E-state index < -0.39 is 18.1 Å². The Morgan fingerprint density at radius 3 is 2.15 bits per heavy atom. The summed E-state index contributed by atoms with van der Waals surface area (Å²) in [6.07, 6.45) is 2.66. The first-order valence-electron chi connectivity index (χ1n) is 9.12. The Balaban J connectivity index is 2.83. The number of carbonyl (C=O) groups is 3. The molecule has 1 aromatic carbocycles. The van der Waals surface area contributed by atoms with Crippen molar-refractivity contribution >= 4 is 17.6 Å². The summed E-state index contributed by atoms with van der Waals surface area (Å²) in [5.41, 5.74) is 8.41. The molecular weight excluding hydrogens is 332 g/mol. The van der Waals surface area contributed by atoms with Crippen LogP contribution in [-0.2, 0) is 20.8 Å². The monoisotopic (exact) mass is 364 g/mol. The van der Waals surface area contributed by atoms with Gasteiger partial charge in [0.15, 0.2) is 11.8 Å². The highest BCUT2D eigenvalue weighted by atomic mass is 16.2. The van der Waals surface area contributed by atoms with Crippen LogP contribution in [0, 0.1) is 0 Å². The van der Waals surface area contributed by atoms with E-state index in [0.29, 0.717) is 12.8 Å². The van der Waals surface area contributed by atoms with Crippen molar-refractivity contribution in [3.05, 3.63) is 35.9 Å². The van der Waals surface area contributed by atoms with E-state index in [1.54, 1.807) is 6.92 Å². The quantitative estimate of drug-likeness (QED) is 0.369. The lowest BCUT2D eigenvalue weighted by Gasteiger charge is -2.22. The summed E-state index contributed by atoms with van der Waals surface area (Å²) < 4.78 is 0. The fourth-order valence-electron chi connectivity index (χ4n) is 2.55. The average molecular weight is 364 g/mol. The van der Waals surface area contributed by atoms with Crippen LogP contribution in [0.5, 0.6) is 0 Å². The van der Waals surface area contributed by atoms with Gasteiger partial charge in [0, 0.05) is 6.42 Å². The molecule has 0 aliphatic rings. The van der Waals surface area contributed by atoms with Crippen LogP contribution in [0.25, 0.3) is 0 Å². The molecule has 0 radical (unpaired) electrons. The van der Waals surface area contributed by atoms with Gasteiger partial charge in [0.25, 0.3) is 5.91 Å². The van der Waals surface area contributed by atoms with Crippen LogP contribution in [0.3, 0.4) is 0 Å². The third-order valence-corrected chi connectivity index (χ3v) is 4.16. The highest BCUT2D eigenvalue weighted by Crippen LogP contribution is 2.06. The van der Waals surface area contributed by atoms with E-state index in [2.05, 4.69) is 22.1 Å². The van der Waals surface area contributed by atoms with Crippen LogP contribution < -0.4 is 22.1 Å². The molecule has 0 fully saturated rings. The van der Waals surface area contributed by atoms with Gasteiger partial charge in [0.1, 0.15) is 6.04 Å². The summed E-state index contributed by atoms with van der Waals surface area (Å²) in [5, 5.41) is 5.54. The number of rotatable bonds is 11. The molecule has 0 aromatic heterocycles. The number of unbranched alkanes of at least 4 members (excludes halogenated alkanes) is 1. The Kier molecular flexibility index (Phi) is 9.54. The zero-order valence-electron chi connectivity index (χ0n) is 15.8. The zero-order valence-corrected chi connectivity index (χ0v) is 15.8. The minimum Gasteiger partial charge on any atom is -0.358 e. The van der Waals surface area contributed by atoms with Crippen LogP contribution in [-0.4, -0.2) is 42.3 Å². The second kappa shape index (κ2) is 11.4. The number of quaternary nitrogens is 2. The lowest BCUT2D eigenvalue weighted by atomic mass is 10.0. The van der Waals surface area contributed by atoms with E-state index in [4.69, 9.17) is 0 Å². The molecule has 0 saturated carbocycles. The van der Waals surface area contributed by atoms with Gasteiger partial charge in [-0.2, -0.15) is 0 Å². The second-order valence-corrected chi connectivity index (χ2v) is 6.67. The van der Waals surface area contributed by atoms with Gasteiger partial charge in [-0.3, -0.25) is 14.4 Å². The first-order valence-corrected chi connectivity index (χ1v) is 9.12. The molecule has 0 spiro atoms. The second-order valence-electron chi connectivity index (χ2n) is 6.67. The van der Waals surface area contributed by atoms with Gasteiger partial charge in [-0.1, -0.05) is 30.3 Å². The predicted molar refractivity (Wildman–Crippen MR) is 98.6 cm³/mol. The van der Waals surface area contributed by atoms with Gasteiger partial charge in [-0.15, -0.1) is 0 Å². The topological polar surface area (TPSA) is 131 Å². The third kappa shape index (κ3) is 7.76. The largest absolute Gasteiger partial charge is 0.358 e. The average Bonchev–Trinajstić information content (AvgIpc) is 2.60. The maximum atomic E-state index is 12.7. The van der Waals surface area contributed by atoms with Gasteiger partial charge in [0.2, 0.25) is 5.91 Å². The predicted octanol–water partition coefficient (Wildman–Crippen LogP) is -1.17. The summed E-state index contributed by atoms with van der Waals surface area (Å²) >= 11 is 0.